The third kappa shape index (κ3) is 5.22. The van der Waals surface area contributed by atoms with Crippen LogP contribution < -0.4 is 9.80 Å². The molecule has 0 saturated heterocycles. The average molecular weight is 444 g/mol. The van der Waals surface area contributed by atoms with Gasteiger partial charge in [-0.2, -0.15) is 0 Å². The van der Waals surface area contributed by atoms with Gasteiger partial charge in [-0.05, 0) is 61.3 Å². The lowest BCUT2D eigenvalue weighted by Gasteiger charge is -2.25. The molecule has 4 rings (SSSR count). The Hall–Kier alpha value is -2.64. The van der Waals surface area contributed by atoms with Crippen LogP contribution in [-0.4, -0.2) is 62.9 Å². The second kappa shape index (κ2) is 10.3. The molecular formula is C25H31BN5S. The van der Waals surface area contributed by atoms with Gasteiger partial charge in [0.25, 0.3) is 0 Å². The second-order valence-corrected chi connectivity index (χ2v) is 9.58. The van der Waals surface area contributed by atoms with Gasteiger partial charge in [-0.3, -0.25) is 0 Å². The fraction of sp³-hybridized carbons (Fsp3) is 0.360. The molecule has 1 aliphatic heterocycles. The van der Waals surface area contributed by atoms with Crippen LogP contribution >= 0.6 is 11.3 Å². The maximum absolute atomic E-state index is 4.48. The highest BCUT2D eigenvalue weighted by atomic mass is 32.1. The lowest BCUT2D eigenvalue weighted by Crippen LogP contribution is -2.28. The van der Waals surface area contributed by atoms with Gasteiger partial charge in [-0.15, -0.1) is 11.3 Å². The smallest absolute Gasteiger partial charge is 0.141 e. The van der Waals surface area contributed by atoms with Crippen molar-refractivity contribution in [3.63, 3.8) is 0 Å². The Morgan fingerprint density at radius 3 is 2.88 bits per heavy atom. The van der Waals surface area contributed by atoms with E-state index in [2.05, 4.69) is 101 Å². The number of hydrogen-bond donors (Lipinski definition) is 0. The minimum absolute atomic E-state index is 0.479. The first-order chi connectivity index (χ1) is 15.5. The quantitative estimate of drug-likeness (QED) is 0.483. The zero-order chi connectivity index (χ0) is 22.5. The highest BCUT2D eigenvalue weighted by Crippen LogP contribution is 2.32. The number of likely N-dealkylation sites (N-methyl/N-ethyl adjacent to an activating group) is 1. The molecule has 3 aromatic rings. The monoisotopic (exact) mass is 444 g/mol. The Morgan fingerprint density at radius 1 is 1.22 bits per heavy atom. The zero-order valence-electron chi connectivity index (χ0n) is 19.2. The number of aromatic nitrogens is 2. The Morgan fingerprint density at radius 2 is 2.09 bits per heavy atom. The van der Waals surface area contributed by atoms with E-state index in [9.17, 15) is 0 Å². The van der Waals surface area contributed by atoms with Crippen LogP contribution in [-0.2, 0) is 6.32 Å². The van der Waals surface area contributed by atoms with Crippen molar-refractivity contribution >= 4 is 35.8 Å². The van der Waals surface area contributed by atoms with Gasteiger partial charge < -0.3 is 14.7 Å². The molecule has 0 spiro atoms. The molecule has 5 nitrogen and oxygen atoms in total. The van der Waals surface area contributed by atoms with Crippen molar-refractivity contribution in [2.75, 3.05) is 50.6 Å². The lowest BCUT2D eigenvalue weighted by molar-refractivity contribution is 0.397. The van der Waals surface area contributed by atoms with Crippen molar-refractivity contribution in [3.8, 4) is 0 Å². The molecule has 0 bridgehead atoms. The zero-order valence-corrected chi connectivity index (χ0v) is 20.1. The average Bonchev–Trinajstić information content (AvgIpc) is 3.30. The van der Waals surface area contributed by atoms with Crippen molar-refractivity contribution in [2.45, 2.75) is 18.6 Å². The van der Waals surface area contributed by atoms with Crippen LogP contribution in [0.5, 0.6) is 0 Å². The molecule has 3 heterocycles. The predicted octanol–water partition coefficient (Wildman–Crippen LogP) is 4.36. The van der Waals surface area contributed by atoms with Gasteiger partial charge in [0, 0.05) is 37.7 Å². The molecule has 7 heteroatoms. The summed E-state index contributed by atoms with van der Waals surface area (Å²) in [5.74, 6) is 1.42. The first-order valence-corrected chi connectivity index (χ1v) is 12.0. The molecule has 1 unspecified atom stereocenters. The molecule has 0 amide bonds. The van der Waals surface area contributed by atoms with Gasteiger partial charge in [-0.1, -0.05) is 36.7 Å². The molecule has 32 heavy (non-hydrogen) atoms. The molecule has 1 aromatic carbocycles. The summed E-state index contributed by atoms with van der Waals surface area (Å²) in [4.78, 5) is 16.9. The summed E-state index contributed by atoms with van der Waals surface area (Å²) in [5.41, 5.74) is 4.44. The summed E-state index contributed by atoms with van der Waals surface area (Å²) in [7, 11) is 8.84. The summed E-state index contributed by atoms with van der Waals surface area (Å²) >= 11 is 1.85. The van der Waals surface area contributed by atoms with Crippen LogP contribution in [0.4, 0.5) is 11.5 Å². The summed E-state index contributed by atoms with van der Waals surface area (Å²) in [6, 6.07) is 13.3. The van der Waals surface area contributed by atoms with Crippen LogP contribution in [0.1, 0.15) is 28.2 Å². The minimum atomic E-state index is 0.479. The van der Waals surface area contributed by atoms with Gasteiger partial charge in [-0.25, -0.2) is 9.97 Å². The number of nitrogens with zero attached hydrogens (tertiary/aromatic N) is 5. The standard InChI is InChI=1S/C25H31BN5S/c1-19-22-17-27-18-28-25(22)30(4)12-13-31(19)21-8-5-7-20(15-21)16-26-23(10-11-29(2)3)24-9-6-14-32-24/h5-9,14-15,17-18,23H,1,10-13,16H2,2-4H3. The van der Waals surface area contributed by atoms with Crippen molar-refractivity contribution < 1.29 is 0 Å². The van der Waals surface area contributed by atoms with Crippen LogP contribution in [0.3, 0.4) is 0 Å². The molecule has 1 atom stereocenters. The Labute approximate surface area is 196 Å². The van der Waals surface area contributed by atoms with E-state index in [1.165, 1.54) is 16.1 Å². The van der Waals surface area contributed by atoms with Gasteiger partial charge in [0.2, 0.25) is 0 Å². The molecule has 2 aromatic heterocycles. The molecule has 1 radical (unpaired) electrons. The second-order valence-electron chi connectivity index (χ2n) is 8.60. The first kappa shape index (κ1) is 22.6. The number of fused-ring (bicyclic) bond motifs is 1. The SMILES string of the molecule is C=C1c2cncnc2N(C)CCN1c1cccc(C[B]C(CCN(C)C)c2cccs2)c1. The highest BCUT2D eigenvalue weighted by Gasteiger charge is 2.23. The van der Waals surface area contributed by atoms with Crippen molar-refractivity contribution in [3.05, 3.63) is 76.9 Å². The van der Waals surface area contributed by atoms with E-state index < -0.39 is 0 Å². The topological polar surface area (TPSA) is 35.5 Å². The fourth-order valence-electron chi connectivity index (χ4n) is 4.16. The molecule has 1 aliphatic rings. The number of hydrogen-bond acceptors (Lipinski definition) is 6. The van der Waals surface area contributed by atoms with Gasteiger partial charge in [0.1, 0.15) is 19.4 Å². The van der Waals surface area contributed by atoms with Crippen LogP contribution in [0.2, 0.25) is 0 Å². The number of rotatable bonds is 8. The predicted molar refractivity (Wildman–Crippen MR) is 138 cm³/mol. The van der Waals surface area contributed by atoms with Crippen LogP contribution in [0, 0.1) is 0 Å². The Balaban J connectivity index is 1.50. The van der Waals surface area contributed by atoms with Crippen molar-refractivity contribution in [1.82, 2.24) is 14.9 Å². The van der Waals surface area contributed by atoms with E-state index in [4.69, 9.17) is 0 Å². The molecule has 165 valence electrons. The lowest BCUT2D eigenvalue weighted by atomic mass is 9.58. The fourth-order valence-corrected chi connectivity index (χ4v) is 5.02. The van der Waals surface area contributed by atoms with Gasteiger partial charge in [0.05, 0.1) is 5.56 Å². The van der Waals surface area contributed by atoms with E-state index in [-0.39, 0.29) is 0 Å². The normalized spacial score (nSPS) is 14.9. The van der Waals surface area contributed by atoms with E-state index in [0.717, 1.165) is 49.5 Å². The van der Waals surface area contributed by atoms with Crippen LogP contribution in [0.15, 0.2) is 60.9 Å². The number of benzene rings is 1. The van der Waals surface area contributed by atoms with Crippen molar-refractivity contribution in [1.29, 1.82) is 0 Å². The largest absolute Gasteiger partial charge is 0.357 e. The first-order valence-electron chi connectivity index (χ1n) is 11.1. The Kier molecular flexibility index (Phi) is 7.27. The van der Waals surface area contributed by atoms with Gasteiger partial charge >= 0.3 is 0 Å². The van der Waals surface area contributed by atoms with Gasteiger partial charge in [0.15, 0.2) is 0 Å². The van der Waals surface area contributed by atoms with E-state index in [0.29, 0.717) is 5.82 Å². The summed E-state index contributed by atoms with van der Waals surface area (Å²) < 4.78 is 0. The third-order valence-corrected chi connectivity index (χ3v) is 7.01. The minimum Gasteiger partial charge on any atom is -0.357 e. The summed E-state index contributed by atoms with van der Waals surface area (Å²) in [6.45, 7) is 7.22. The maximum atomic E-state index is 4.48. The molecule has 0 aliphatic carbocycles. The van der Waals surface area contributed by atoms with Crippen LogP contribution in [0.25, 0.3) is 5.70 Å². The highest BCUT2D eigenvalue weighted by molar-refractivity contribution is 7.10. The maximum Gasteiger partial charge on any atom is 0.141 e. The van der Waals surface area contributed by atoms with E-state index in [1.807, 2.05) is 17.5 Å². The molecule has 0 saturated carbocycles. The third-order valence-electron chi connectivity index (χ3n) is 6.00. The summed E-state index contributed by atoms with van der Waals surface area (Å²) in [5, 5.41) is 2.18. The van der Waals surface area contributed by atoms with Crippen molar-refractivity contribution in [2.24, 2.45) is 0 Å². The number of anilines is 2. The number of thiophene rings is 1. The molecular weight excluding hydrogens is 413 g/mol. The van der Waals surface area contributed by atoms with E-state index in [1.54, 1.807) is 6.33 Å². The molecule has 0 N–H and O–H groups in total. The van der Waals surface area contributed by atoms with E-state index >= 15 is 0 Å². The Bertz CT molecular complexity index is 1040. The summed E-state index contributed by atoms with van der Waals surface area (Å²) in [6.07, 6.45) is 5.56. The molecule has 0 fully saturated rings.